The van der Waals surface area contributed by atoms with Crippen LogP contribution in [0.2, 0.25) is 0 Å². The minimum absolute atomic E-state index is 0.0556. The summed E-state index contributed by atoms with van der Waals surface area (Å²) < 4.78 is 0. The van der Waals surface area contributed by atoms with Gasteiger partial charge in [0.15, 0.2) is 0 Å². The number of aromatic hydroxyl groups is 1. The van der Waals surface area contributed by atoms with Gasteiger partial charge in [0.05, 0.1) is 5.69 Å². The van der Waals surface area contributed by atoms with Crippen LogP contribution in [0.15, 0.2) is 6.20 Å². The van der Waals surface area contributed by atoms with E-state index < -0.39 is 0 Å². The lowest BCUT2D eigenvalue weighted by molar-refractivity contribution is 0.436. The highest BCUT2D eigenvalue weighted by molar-refractivity contribution is 5.20. The highest BCUT2D eigenvalue weighted by Crippen LogP contribution is 2.19. The van der Waals surface area contributed by atoms with Crippen LogP contribution in [0.3, 0.4) is 0 Å². The van der Waals surface area contributed by atoms with Crippen LogP contribution in [0.5, 0.6) is 5.88 Å². The first kappa shape index (κ1) is 7.98. The van der Waals surface area contributed by atoms with Gasteiger partial charge in [-0.1, -0.05) is 13.8 Å². The molecule has 0 saturated heterocycles. The number of nitrogens with zero attached hydrogens (tertiary/aromatic N) is 2. The summed E-state index contributed by atoms with van der Waals surface area (Å²) in [5.74, 6) is 0.281. The highest BCUT2D eigenvalue weighted by atomic mass is 16.3. The van der Waals surface area contributed by atoms with Gasteiger partial charge in [-0.25, -0.2) is 4.98 Å². The van der Waals surface area contributed by atoms with E-state index >= 15 is 0 Å². The lowest BCUT2D eigenvalue weighted by Gasteiger charge is -2.05. The van der Waals surface area contributed by atoms with Crippen molar-refractivity contribution in [1.29, 1.82) is 0 Å². The average molecular weight is 152 g/mol. The van der Waals surface area contributed by atoms with Gasteiger partial charge >= 0.3 is 0 Å². The van der Waals surface area contributed by atoms with E-state index in [1.165, 1.54) is 0 Å². The summed E-state index contributed by atoms with van der Waals surface area (Å²) in [6.45, 7) is 5.74. The third-order valence-corrected chi connectivity index (χ3v) is 1.45. The monoisotopic (exact) mass is 152 g/mol. The Morgan fingerprint density at radius 2 is 2.09 bits per heavy atom. The zero-order valence-electron chi connectivity index (χ0n) is 7.00. The summed E-state index contributed by atoms with van der Waals surface area (Å²) in [4.78, 5) is 7.95. The summed E-state index contributed by atoms with van der Waals surface area (Å²) in [5.41, 5.74) is 1.41. The third-order valence-electron chi connectivity index (χ3n) is 1.45. The van der Waals surface area contributed by atoms with Crippen molar-refractivity contribution in [3.63, 3.8) is 0 Å². The van der Waals surface area contributed by atoms with Gasteiger partial charge in [0, 0.05) is 12.1 Å². The Labute approximate surface area is 66.1 Å². The molecule has 1 aromatic rings. The van der Waals surface area contributed by atoms with Crippen molar-refractivity contribution < 1.29 is 5.11 Å². The molecule has 1 heterocycles. The van der Waals surface area contributed by atoms with Crippen LogP contribution in [-0.4, -0.2) is 15.1 Å². The van der Waals surface area contributed by atoms with Gasteiger partial charge in [0.1, 0.15) is 5.69 Å². The normalized spacial score (nSPS) is 10.5. The van der Waals surface area contributed by atoms with Crippen molar-refractivity contribution in [1.82, 2.24) is 9.97 Å². The molecule has 0 atom stereocenters. The second kappa shape index (κ2) is 2.86. The Bertz CT molecular complexity index is 258. The van der Waals surface area contributed by atoms with Gasteiger partial charge < -0.3 is 5.11 Å². The van der Waals surface area contributed by atoms with E-state index in [9.17, 15) is 5.11 Å². The van der Waals surface area contributed by atoms with Crippen molar-refractivity contribution in [2.24, 2.45) is 0 Å². The van der Waals surface area contributed by atoms with Crippen molar-refractivity contribution in [2.45, 2.75) is 26.7 Å². The molecule has 3 heteroatoms. The molecule has 11 heavy (non-hydrogen) atoms. The van der Waals surface area contributed by atoms with Crippen LogP contribution in [0.1, 0.15) is 31.2 Å². The van der Waals surface area contributed by atoms with Crippen LogP contribution in [0.4, 0.5) is 0 Å². The van der Waals surface area contributed by atoms with Gasteiger partial charge in [-0.2, -0.15) is 0 Å². The lowest BCUT2D eigenvalue weighted by atomic mass is 10.1. The van der Waals surface area contributed by atoms with Crippen LogP contribution < -0.4 is 0 Å². The molecule has 60 valence electrons. The lowest BCUT2D eigenvalue weighted by Crippen LogP contribution is -1.96. The molecule has 0 spiro atoms. The molecule has 0 amide bonds. The molecule has 0 aliphatic rings. The first-order valence-corrected chi connectivity index (χ1v) is 3.63. The molecular formula is C8H12N2O. The van der Waals surface area contributed by atoms with Crippen molar-refractivity contribution >= 4 is 0 Å². The van der Waals surface area contributed by atoms with Crippen LogP contribution in [0, 0.1) is 6.92 Å². The molecule has 0 fully saturated rings. The fourth-order valence-corrected chi connectivity index (χ4v) is 0.881. The minimum atomic E-state index is 0.0556. The quantitative estimate of drug-likeness (QED) is 0.665. The summed E-state index contributed by atoms with van der Waals surface area (Å²) >= 11 is 0. The summed E-state index contributed by atoms with van der Waals surface area (Å²) in [6.07, 6.45) is 1.66. The molecule has 1 N–H and O–H groups in total. The number of hydrogen-bond acceptors (Lipinski definition) is 3. The zero-order chi connectivity index (χ0) is 8.43. The second-order valence-corrected chi connectivity index (χ2v) is 2.87. The van der Waals surface area contributed by atoms with Crippen molar-refractivity contribution in [3.8, 4) is 5.88 Å². The maximum atomic E-state index is 9.29. The molecule has 0 unspecified atom stereocenters. The molecule has 0 aliphatic carbocycles. The molecule has 0 radical (unpaired) electrons. The molecule has 1 aromatic heterocycles. The fraction of sp³-hybridized carbons (Fsp3) is 0.500. The van der Waals surface area contributed by atoms with Gasteiger partial charge in [0.25, 0.3) is 0 Å². The average Bonchev–Trinajstić information content (AvgIpc) is 1.85. The molecular weight excluding hydrogens is 140 g/mol. The van der Waals surface area contributed by atoms with E-state index in [1.54, 1.807) is 13.1 Å². The Kier molecular flexibility index (Phi) is 2.08. The Morgan fingerprint density at radius 1 is 1.45 bits per heavy atom. The van der Waals surface area contributed by atoms with Crippen LogP contribution in [0.25, 0.3) is 0 Å². The molecule has 0 saturated carbocycles. The summed E-state index contributed by atoms with van der Waals surface area (Å²) in [7, 11) is 0. The van der Waals surface area contributed by atoms with Crippen molar-refractivity contribution in [2.75, 3.05) is 0 Å². The number of rotatable bonds is 1. The maximum absolute atomic E-state index is 9.29. The summed E-state index contributed by atoms with van der Waals surface area (Å²) in [5, 5.41) is 9.29. The minimum Gasteiger partial charge on any atom is -0.492 e. The molecule has 0 aromatic carbocycles. The van der Waals surface area contributed by atoms with Gasteiger partial charge in [-0.05, 0) is 6.92 Å². The van der Waals surface area contributed by atoms with Gasteiger partial charge in [0.2, 0.25) is 5.88 Å². The Hall–Kier alpha value is -1.12. The first-order chi connectivity index (χ1) is 5.11. The smallest absolute Gasteiger partial charge is 0.233 e. The number of aryl methyl sites for hydroxylation is 1. The Balaban J connectivity index is 3.09. The largest absolute Gasteiger partial charge is 0.492 e. The van der Waals surface area contributed by atoms with Crippen LogP contribution in [-0.2, 0) is 0 Å². The van der Waals surface area contributed by atoms with E-state index in [-0.39, 0.29) is 11.8 Å². The van der Waals surface area contributed by atoms with E-state index in [4.69, 9.17) is 0 Å². The SMILES string of the molecule is Cc1cnc(C(C)C)c(O)n1. The van der Waals surface area contributed by atoms with E-state index in [0.29, 0.717) is 5.69 Å². The number of hydrogen-bond donors (Lipinski definition) is 1. The Morgan fingerprint density at radius 3 is 2.55 bits per heavy atom. The van der Waals surface area contributed by atoms with Crippen molar-refractivity contribution in [3.05, 3.63) is 17.6 Å². The predicted octanol–water partition coefficient (Wildman–Crippen LogP) is 1.61. The molecule has 1 rings (SSSR count). The molecule has 0 bridgehead atoms. The molecule has 3 nitrogen and oxygen atoms in total. The number of aromatic nitrogens is 2. The maximum Gasteiger partial charge on any atom is 0.233 e. The highest BCUT2D eigenvalue weighted by Gasteiger charge is 2.07. The van der Waals surface area contributed by atoms with Gasteiger partial charge in [-0.15, -0.1) is 0 Å². The zero-order valence-corrected chi connectivity index (χ0v) is 7.00. The van der Waals surface area contributed by atoms with E-state index in [1.807, 2.05) is 13.8 Å². The first-order valence-electron chi connectivity index (χ1n) is 3.63. The topological polar surface area (TPSA) is 46.0 Å². The van der Waals surface area contributed by atoms with Gasteiger partial charge in [-0.3, -0.25) is 4.98 Å². The fourth-order valence-electron chi connectivity index (χ4n) is 0.881. The van der Waals surface area contributed by atoms with Crippen LogP contribution >= 0.6 is 0 Å². The second-order valence-electron chi connectivity index (χ2n) is 2.87. The molecule has 0 aliphatic heterocycles. The predicted molar refractivity (Wildman–Crippen MR) is 42.5 cm³/mol. The standard InChI is InChI=1S/C8H12N2O/c1-5(2)7-8(11)10-6(3)4-9-7/h4-5H,1-3H3,(H,10,11). The summed E-state index contributed by atoms with van der Waals surface area (Å²) in [6, 6.07) is 0. The van der Waals surface area contributed by atoms with E-state index in [2.05, 4.69) is 9.97 Å². The third kappa shape index (κ3) is 1.67. The van der Waals surface area contributed by atoms with E-state index in [0.717, 1.165) is 5.69 Å².